The zero-order chi connectivity index (χ0) is 17.2. The molecular formula is C17H13N3O5. The van der Waals surface area contributed by atoms with Crippen molar-refractivity contribution in [2.24, 2.45) is 0 Å². The third-order valence-corrected chi connectivity index (χ3v) is 3.65. The van der Waals surface area contributed by atoms with Gasteiger partial charge in [0.2, 0.25) is 0 Å². The Kier molecular flexibility index (Phi) is 3.70. The first-order chi connectivity index (χ1) is 12.2. The third-order valence-electron chi connectivity index (χ3n) is 3.65. The molecule has 2 heterocycles. The highest BCUT2D eigenvalue weighted by Gasteiger charge is 2.20. The summed E-state index contributed by atoms with van der Waals surface area (Å²) >= 11 is 0. The molecule has 25 heavy (non-hydrogen) atoms. The molecule has 4 rings (SSSR count). The normalized spacial score (nSPS) is 12.6. The molecule has 0 bridgehead atoms. The van der Waals surface area contributed by atoms with Crippen LogP contribution in [0.2, 0.25) is 0 Å². The lowest BCUT2D eigenvalue weighted by Gasteiger charge is -2.20. The summed E-state index contributed by atoms with van der Waals surface area (Å²) in [4.78, 5) is 26.1. The van der Waals surface area contributed by atoms with Gasteiger partial charge in [0.15, 0.2) is 17.3 Å². The average Bonchev–Trinajstić information content (AvgIpc) is 3.08. The zero-order valence-electron chi connectivity index (χ0n) is 12.9. The van der Waals surface area contributed by atoms with Crippen LogP contribution in [0.15, 0.2) is 51.8 Å². The Morgan fingerprint density at radius 3 is 2.80 bits per heavy atom. The maximum Gasteiger partial charge on any atom is 0.439 e. The molecule has 0 unspecified atom stereocenters. The third kappa shape index (κ3) is 2.97. The summed E-state index contributed by atoms with van der Waals surface area (Å²) in [5.74, 6) is 0.302. The van der Waals surface area contributed by atoms with Crippen LogP contribution < -0.4 is 20.5 Å². The summed E-state index contributed by atoms with van der Waals surface area (Å²) < 4.78 is 15.5. The summed E-state index contributed by atoms with van der Waals surface area (Å²) in [6.45, 7) is 0.850. The van der Waals surface area contributed by atoms with E-state index in [0.717, 1.165) is 0 Å². The van der Waals surface area contributed by atoms with Gasteiger partial charge >= 0.3 is 5.76 Å². The van der Waals surface area contributed by atoms with E-state index in [-0.39, 0.29) is 11.7 Å². The average molecular weight is 339 g/mol. The number of benzene rings is 2. The van der Waals surface area contributed by atoms with E-state index in [9.17, 15) is 9.59 Å². The number of carbonyl (C=O) groups excluding carboxylic acids is 1. The topological polar surface area (TPSA) is 106 Å². The van der Waals surface area contributed by atoms with Crippen LogP contribution in [0, 0.1) is 0 Å². The Bertz CT molecular complexity index is 992. The lowest BCUT2D eigenvalue weighted by molar-refractivity contribution is 0.101. The molecule has 2 aromatic carbocycles. The number of carbonyl (C=O) groups is 1. The molecule has 3 aromatic rings. The molecule has 1 aromatic heterocycles. The molecule has 2 N–H and O–H groups in total. The number of aromatic nitrogens is 2. The van der Waals surface area contributed by atoms with Gasteiger partial charge in [-0.1, -0.05) is 23.4 Å². The first kappa shape index (κ1) is 15.0. The second kappa shape index (κ2) is 6.16. The first-order valence-corrected chi connectivity index (χ1v) is 7.57. The standard InChI is InChI=1S/C17H13N3O5/c21-16(12-5-2-6-13-14(12)24-8-7-23-13)18-11-4-1-3-10(9-11)15-19-17(22)25-20-15/h1-6,9H,7-8H2,(H,18,21)(H,19,20,22). The monoisotopic (exact) mass is 339 g/mol. The van der Waals surface area contributed by atoms with Crippen LogP contribution in [0.25, 0.3) is 11.4 Å². The van der Waals surface area contributed by atoms with Crippen LogP contribution in [0.5, 0.6) is 11.5 Å². The predicted molar refractivity (Wildman–Crippen MR) is 87.9 cm³/mol. The Labute approximate surface area is 141 Å². The molecule has 1 amide bonds. The van der Waals surface area contributed by atoms with Gasteiger partial charge in [0.25, 0.3) is 5.91 Å². The Hall–Kier alpha value is -3.55. The number of ether oxygens (including phenoxy) is 2. The minimum absolute atomic E-state index is 0.287. The van der Waals surface area contributed by atoms with Crippen LogP contribution in [-0.4, -0.2) is 29.3 Å². The summed E-state index contributed by atoms with van der Waals surface area (Å²) in [5, 5.41) is 6.43. The summed E-state index contributed by atoms with van der Waals surface area (Å²) in [6.07, 6.45) is 0. The fourth-order valence-corrected chi connectivity index (χ4v) is 2.55. The van der Waals surface area contributed by atoms with Crippen LogP contribution in [0.4, 0.5) is 5.69 Å². The minimum Gasteiger partial charge on any atom is -0.486 e. The zero-order valence-corrected chi connectivity index (χ0v) is 12.9. The van der Waals surface area contributed by atoms with E-state index in [1.54, 1.807) is 42.5 Å². The van der Waals surface area contributed by atoms with Crippen molar-refractivity contribution in [2.45, 2.75) is 0 Å². The smallest absolute Gasteiger partial charge is 0.439 e. The van der Waals surface area contributed by atoms with Crippen molar-refractivity contribution in [3.05, 3.63) is 58.6 Å². The highest BCUT2D eigenvalue weighted by atomic mass is 16.6. The quantitative estimate of drug-likeness (QED) is 0.756. The second-order valence-electron chi connectivity index (χ2n) is 5.31. The molecule has 0 aliphatic carbocycles. The van der Waals surface area contributed by atoms with Crippen molar-refractivity contribution < 1.29 is 18.8 Å². The van der Waals surface area contributed by atoms with E-state index in [2.05, 4.69) is 20.0 Å². The number of amides is 1. The Morgan fingerprint density at radius 1 is 1.12 bits per heavy atom. The largest absolute Gasteiger partial charge is 0.486 e. The molecule has 0 fully saturated rings. The van der Waals surface area contributed by atoms with Gasteiger partial charge in [-0.05, 0) is 24.3 Å². The van der Waals surface area contributed by atoms with Gasteiger partial charge in [-0.15, -0.1) is 0 Å². The Balaban J connectivity index is 1.61. The molecule has 0 atom stereocenters. The van der Waals surface area contributed by atoms with E-state index in [4.69, 9.17) is 9.47 Å². The van der Waals surface area contributed by atoms with Crippen molar-refractivity contribution in [1.82, 2.24) is 10.1 Å². The van der Waals surface area contributed by atoms with Gasteiger partial charge in [0.1, 0.15) is 13.2 Å². The number of rotatable bonds is 3. The highest BCUT2D eigenvalue weighted by Crippen LogP contribution is 2.34. The number of para-hydroxylation sites is 1. The second-order valence-corrected chi connectivity index (χ2v) is 5.31. The number of H-pyrrole nitrogens is 1. The molecule has 0 radical (unpaired) electrons. The molecule has 126 valence electrons. The summed E-state index contributed by atoms with van der Waals surface area (Å²) in [5.41, 5.74) is 1.54. The van der Waals surface area contributed by atoms with E-state index in [1.807, 2.05) is 0 Å². The number of nitrogens with zero attached hydrogens (tertiary/aromatic N) is 1. The maximum absolute atomic E-state index is 12.6. The van der Waals surface area contributed by atoms with Crippen molar-refractivity contribution in [3.8, 4) is 22.9 Å². The van der Waals surface area contributed by atoms with Gasteiger partial charge in [-0.2, -0.15) is 0 Å². The number of anilines is 1. The molecule has 0 saturated carbocycles. The molecule has 0 spiro atoms. The van der Waals surface area contributed by atoms with Crippen LogP contribution in [0.3, 0.4) is 0 Å². The van der Waals surface area contributed by atoms with Crippen molar-refractivity contribution in [3.63, 3.8) is 0 Å². The molecule has 8 heteroatoms. The van der Waals surface area contributed by atoms with Gasteiger partial charge in [0, 0.05) is 11.3 Å². The fraction of sp³-hybridized carbons (Fsp3) is 0.118. The Morgan fingerprint density at radius 2 is 1.96 bits per heavy atom. The van der Waals surface area contributed by atoms with Gasteiger partial charge in [-0.3, -0.25) is 14.3 Å². The predicted octanol–water partition coefficient (Wildman–Crippen LogP) is 2.05. The van der Waals surface area contributed by atoms with E-state index < -0.39 is 5.76 Å². The summed E-state index contributed by atoms with van der Waals surface area (Å²) in [7, 11) is 0. The van der Waals surface area contributed by atoms with Crippen molar-refractivity contribution in [2.75, 3.05) is 18.5 Å². The van der Waals surface area contributed by atoms with Gasteiger partial charge < -0.3 is 14.8 Å². The molecule has 1 aliphatic heterocycles. The van der Waals surface area contributed by atoms with Crippen LogP contribution in [0.1, 0.15) is 10.4 Å². The van der Waals surface area contributed by atoms with E-state index in [1.165, 1.54) is 0 Å². The van der Waals surface area contributed by atoms with E-state index >= 15 is 0 Å². The van der Waals surface area contributed by atoms with Crippen LogP contribution >= 0.6 is 0 Å². The lowest BCUT2D eigenvalue weighted by Crippen LogP contribution is -2.20. The highest BCUT2D eigenvalue weighted by molar-refractivity contribution is 6.07. The number of nitrogens with one attached hydrogen (secondary N) is 2. The maximum atomic E-state index is 12.6. The van der Waals surface area contributed by atoms with Gasteiger partial charge in [0.05, 0.1) is 5.56 Å². The number of hydrogen-bond acceptors (Lipinski definition) is 6. The lowest BCUT2D eigenvalue weighted by atomic mass is 10.1. The van der Waals surface area contributed by atoms with Crippen LogP contribution in [-0.2, 0) is 0 Å². The minimum atomic E-state index is -0.641. The molecule has 0 saturated heterocycles. The van der Waals surface area contributed by atoms with E-state index in [0.29, 0.717) is 41.5 Å². The number of aromatic amines is 1. The molecule has 1 aliphatic rings. The first-order valence-electron chi connectivity index (χ1n) is 7.57. The molecule has 8 nitrogen and oxygen atoms in total. The number of fused-ring (bicyclic) bond motifs is 1. The fourth-order valence-electron chi connectivity index (χ4n) is 2.55. The van der Waals surface area contributed by atoms with Gasteiger partial charge in [-0.25, -0.2) is 4.79 Å². The molecular weight excluding hydrogens is 326 g/mol. The van der Waals surface area contributed by atoms with Crippen molar-refractivity contribution in [1.29, 1.82) is 0 Å². The summed E-state index contributed by atoms with van der Waals surface area (Å²) in [6, 6.07) is 12.0. The van der Waals surface area contributed by atoms with Crippen molar-refractivity contribution >= 4 is 11.6 Å². The SMILES string of the molecule is O=C(Nc1cccc(-c2noc(=O)[nH]2)c1)c1cccc2c1OCCO2. The number of hydrogen-bond donors (Lipinski definition) is 2.